The van der Waals surface area contributed by atoms with Crippen LogP contribution < -0.4 is 0 Å². The molecule has 5 aromatic heterocycles. The molecule has 7 nitrogen and oxygen atoms in total. The molecule has 138 valence electrons. The van der Waals surface area contributed by atoms with Crippen LogP contribution in [0.1, 0.15) is 0 Å². The Balaban J connectivity index is 0.000000183. The summed E-state index contributed by atoms with van der Waals surface area (Å²) in [6.45, 7) is 0. The van der Waals surface area contributed by atoms with E-state index in [4.69, 9.17) is 0 Å². The van der Waals surface area contributed by atoms with Crippen LogP contribution in [0.5, 0.6) is 0 Å². The highest BCUT2D eigenvalue weighted by Gasteiger charge is 2.07. The number of pyridine rings is 3. The van der Waals surface area contributed by atoms with E-state index in [1.165, 1.54) is 25.3 Å². The number of hydrogen-bond acceptors (Lipinski definition) is 7. The summed E-state index contributed by atoms with van der Waals surface area (Å²) in [6, 6.07) is 11.9. The first-order chi connectivity index (χ1) is 13.9. The van der Waals surface area contributed by atoms with E-state index in [1.54, 1.807) is 31.0 Å². The Labute approximate surface area is 161 Å². The lowest BCUT2D eigenvalue weighted by Gasteiger charge is -2.07. The van der Waals surface area contributed by atoms with Gasteiger partial charge in [0.05, 0.1) is 18.1 Å². The second kappa shape index (κ2) is 10.8. The molecule has 0 spiro atoms. The van der Waals surface area contributed by atoms with Crippen LogP contribution >= 0.6 is 0 Å². The molecular weight excluding hydrogens is 354 g/mol. The van der Waals surface area contributed by atoms with Crippen LogP contribution in [0.25, 0.3) is 22.4 Å². The lowest BCUT2D eigenvalue weighted by Crippen LogP contribution is -1.89. The zero-order chi connectivity index (χ0) is 19.3. The second-order valence-electron chi connectivity index (χ2n) is 5.23. The second-order valence-corrected chi connectivity index (χ2v) is 5.23. The predicted molar refractivity (Wildman–Crippen MR) is 104 cm³/mol. The Morgan fingerprint density at radius 3 is 1.64 bits per heavy atom. The minimum Gasteiger partial charge on any atom is -0.452 e. The fraction of sp³-hybridized carbons (Fsp3) is 0. The summed E-state index contributed by atoms with van der Waals surface area (Å²) >= 11 is 0. The largest absolute Gasteiger partial charge is 0.452 e. The molecule has 5 rings (SSSR count). The third-order valence-electron chi connectivity index (χ3n) is 3.41. The summed E-state index contributed by atoms with van der Waals surface area (Å²) in [7, 11) is 0. The summed E-state index contributed by atoms with van der Waals surface area (Å²) < 4.78 is 8.94. The van der Waals surface area contributed by atoms with Crippen molar-refractivity contribution < 1.29 is 8.83 Å². The maximum Gasteiger partial charge on any atom is 0.180 e. The van der Waals surface area contributed by atoms with Crippen LogP contribution in [-0.2, 0) is 0 Å². The molecule has 0 bridgehead atoms. The molecule has 0 radical (unpaired) electrons. The van der Waals surface area contributed by atoms with Crippen molar-refractivity contribution >= 4 is 0 Å². The van der Waals surface area contributed by atoms with Gasteiger partial charge in [0.2, 0.25) is 0 Å². The molecule has 5 heterocycles. The van der Waals surface area contributed by atoms with Crippen molar-refractivity contribution in [3.63, 3.8) is 0 Å². The van der Waals surface area contributed by atoms with Crippen LogP contribution in [0.4, 0.5) is 0 Å². The third kappa shape index (κ3) is 5.70. The smallest absolute Gasteiger partial charge is 0.180 e. The molecule has 0 aliphatic carbocycles. The average molecular weight is 371 g/mol. The number of oxazole rings is 2. The highest BCUT2D eigenvalue weighted by molar-refractivity contribution is 5.79. The van der Waals surface area contributed by atoms with E-state index in [1.807, 2.05) is 48.8 Å². The molecule has 0 aliphatic heterocycles. The lowest BCUT2D eigenvalue weighted by molar-refractivity contribution is 0.557. The van der Waals surface area contributed by atoms with Gasteiger partial charge < -0.3 is 8.83 Å². The Hall–Kier alpha value is -4.13. The molecule has 0 aromatic carbocycles. The summed E-state index contributed by atoms with van der Waals surface area (Å²) in [5.74, 6) is 0. The Morgan fingerprint density at radius 1 is 0.571 bits per heavy atom. The van der Waals surface area contributed by atoms with Crippen LogP contribution in [0.3, 0.4) is 0 Å². The topological polar surface area (TPSA) is 90.7 Å². The first-order valence-electron chi connectivity index (χ1n) is 8.35. The molecule has 0 fully saturated rings. The first kappa shape index (κ1) is 18.7. The highest BCUT2D eigenvalue weighted by atomic mass is 16.3. The van der Waals surface area contributed by atoms with Gasteiger partial charge in [0.25, 0.3) is 0 Å². The zero-order valence-corrected chi connectivity index (χ0v) is 14.9. The minimum atomic E-state index is 0.929. The van der Waals surface area contributed by atoms with Crippen LogP contribution in [0, 0.1) is 0 Å². The van der Waals surface area contributed by atoms with E-state index in [2.05, 4.69) is 33.8 Å². The quantitative estimate of drug-likeness (QED) is 0.449. The monoisotopic (exact) mass is 371 g/mol. The number of nitrogens with zero attached hydrogens (tertiary/aromatic N) is 5. The van der Waals surface area contributed by atoms with Gasteiger partial charge in [-0.15, -0.1) is 0 Å². The average Bonchev–Trinajstić information content (AvgIpc) is 3.54. The molecule has 0 saturated carbocycles. The lowest BCUT2D eigenvalue weighted by atomic mass is 10.0. The van der Waals surface area contributed by atoms with E-state index in [9.17, 15) is 0 Å². The van der Waals surface area contributed by atoms with E-state index >= 15 is 0 Å². The van der Waals surface area contributed by atoms with Crippen molar-refractivity contribution in [1.29, 1.82) is 0 Å². The van der Waals surface area contributed by atoms with Crippen molar-refractivity contribution in [1.82, 2.24) is 24.9 Å². The summed E-state index contributed by atoms with van der Waals surface area (Å²) in [5.41, 5.74) is 4.07. The minimum absolute atomic E-state index is 0.929. The molecule has 0 atom stereocenters. The zero-order valence-electron chi connectivity index (χ0n) is 14.9. The molecule has 7 heteroatoms. The Morgan fingerprint density at radius 2 is 1.18 bits per heavy atom. The van der Waals surface area contributed by atoms with Gasteiger partial charge in [-0.25, -0.2) is 9.97 Å². The van der Waals surface area contributed by atoms with Gasteiger partial charge in [-0.05, 0) is 24.3 Å². The third-order valence-corrected chi connectivity index (χ3v) is 3.41. The Bertz CT molecular complexity index is 886. The maximum absolute atomic E-state index is 4.47. The van der Waals surface area contributed by atoms with Crippen LogP contribution in [0.2, 0.25) is 0 Å². The molecule has 0 unspecified atom stereocenters. The predicted octanol–water partition coefficient (Wildman–Crippen LogP) is 4.55. The van der Waals surface area contributed by atoms with Gasteiger partial charge in [0, 0.05) is 47.7 Å². The van der Waals surface area contributed by atoms with Gasteiger partial charge >= 0.3 is 0 Å². The van der Waals surface area contributed by atoms with Crippen molar-refractivity contribution in [2.45, 2.75) is 0 Å². The molecule has 0 aliphatic rings. The molecular formula is C21H17N5O2. The van der Waals surface area contributed by atoms with Gasteiger partial charge in [-0.1, -0.05) is 12.1 Å². The van der Waals surface area contributed by atoms with E-state index in [0.717, 1.165) is 22.4 Å². The van der Waals surface area contributed by atoms with Crippen LogP contribution in [0.15, 0.2) is 114 Å². The van der Waals surface area contributed by atoms with Crippen LogP contribution in [-0.4, -0.2) is 24.9 Å². The summed E-state index contributed by atoms with van der Waals surface area (Å²) in [6.07, 6.45) is 17.9. The van der Waals surface area contributed by atoms with Crippen molar-refractivity contribution in [3.8, 4) is 22.4 Å². The van der Waals surface area contributed by atoms with E-state index < -0.39 is 0 Å². The summed E-state index contributed by atoms with van der Waals surface area (Å²) in [5, 5.41) is 0. The van der Waals surface area contributed by atoms with Gasteiger partial charge in [0.1, 0.15) is 12.5 Å². The number of aromatic nitrogens is 5. The van der Waals surface area contributed by atoms with Crippen molar-refractivity contribution in [3.05, 3.63) is 105 Å². The molecule has 0 amide bonds. The SMILES string of the molecule is c1cncc(-c2cccnc2-c2cccnc2)c1.c1cocn1.c1cocn1. The number of rotatable bonds is 2. The fourth-order valence-electron chi connectivity index (χ4n) is 2.24. The molecule has 5 aromatic rings. The normalized spacial score (nSPS) is 9.43. The van der Waals surface area contributed by atoms with Gasteiger partial charge in [-0.3, -0.25) is 15.0 Å². The van der Waals surface area contributed by atoms with E-state index in [-0.39, 0.29) is 0 Å². The standard InChI is InChI=1S/C15H11N3.2C3H3NO/c1-4-12(10-16-7-1)14-6-3-9-18-15(14)13-5-2-8-17-11-13;2*1-2-5-3-4-1/h1-11H;2*1-3H. The Kier molecular flexibility index (Phi) is 7.18. The van der Waals surface area contributed by atoms with E-state index in [0.29, 0.717) is 0 Å². The maximum atomic E-state index is 4.47. The van der Waals surface area contributed by atoms with Gasteiger partial charge in [0.15, 0.2) is 12.8 Å². The highest BCUT2D eigenvalue weighted by Crippen LogP contribution is 2.28. The van der Waals surface area contributed by atoms with Crippen molar-refractivity contribution in [2.75, 3.05) is 0 Å². The summed E-state index contributed by atoms with van der Waals surface area (Å²) in [4.78, 5) is 19.9. The first-order valence-corrected chi connectivity index (χ1v) is 8.35. The fourth-order valence-corrected chi connectivity index (χ4v) is 2.24. The molecule has 28 heavy (non-hydrogen) atoms. The van der Waals surface area contributed by atoms with Crippen molar-refractivity contribution in [2.24, 2.45) is 0 Å². The molecule has 0 N–H and O–H groups in total. The number of hydrogen-bond donors (Lipinski definition) is 0. The van der Waals surface area contributed by atoms with Gasteiger partial charge in [-0.2, -0.15) is 0 Å². The molecule has 0 saturated heterocycles.